The Bertz CT molecular complexity index is 505. The van der Waals surface area contributed by atoms with Gasteiger partial charge in [0.25, 0.3) is 0 Å². The molecule has 20 heavy (non-hydrogen) atoms. The van der Waals surface area contributed by atoms with Crippen LogP contribution in [0.25, 0.3) is 0 Å². The van der Waals surface area contributed by atoms with E-state index in [0.717, 1.165) is 25.9 Å². The van der Waals surface area contributed by atoms with E-state index in [1.165, 1.54) is 6.08 Å². The molecule has 0 aromatic heterocycles. The molecular formula is C14H22N2O3S. The zero-order valence-corrected chi connectivity index (χ0v) is 12.6. The molecule has 5 nitrogen and oxygen atoms in total. The van der Waals surface area contributed by atoms with Crippen molar-refractivity contribution in [2.24, 2.45) is 0 Å². The van der Waals surface area contributed by atoms with Crippen LogP contribution in [-0.2, 0) is 14.6 Å². The quantitative estimate of drug-likeness (QED) is 0.606. The van der Waals surface area contributed by atoms with Gasteiger partial charge < -0.3 is 5.32 Å². The van der Waals surface area contributed by atoms with Gasteiger partial charge in [0.1, 0.15) is 0 Å². The maximum atomic E-state index is 11.8. The number of amides is 1. The van der Waals surface area contributed by atoms with E-state index in [1.54, 1.807) is 12.2 Å². The van der Waals surface area contributed by atoms with Gasteiger partial charge in [-0.05, 0) is 32.9 Å². The summed E-state index contributed by atoms with van der Waals surface area (Å²) in [6, 6.07) is -0.359. The molecule has 6 heteroatoms. The summed E-state index contributed by atoms with van der Waals surface area (Å²) in [5.41, 5.74) is 0. The highest BCUT2D eigenvalue weighted by atomic mass is 32.2. The molecule has 0 saturated carbocycles. The van der Waals surface area contributed by atoms with Crippen molar-refractivity contribution in [3.05, 3.63) is 24.3 Å². The maximum Gasteiger partial charge on any atom is 0.244 e. The number of sulfone groups is 1. The number of carbonyl (C=O) groups is 1. The molecule has 0 aromatic carbocycles. The lowest BCUT2D eigenvalue weighted by Gasteiger charge is -2.28. The molecule has 0 spiro atoms. The first-order valence-electron chi connectivity index (χ1n) is 7.06. The molecule has 2 rings (SSSR count). The fourth-order valence-corrected chi connectivity index (χ4v) is 4.84. The zero-order chi connectivity index (χ0) is 14.6. The van der Waals surface area contributed by atoms with Gasteiger partial charge in [-0.15, -0.1) is 0 Å². The number of rotatable bonds is 4. The predicted octanol–water partition coefficient (Wildman–Crippen LogP) is 0.496. The Morgan fingerprint density at radius 2 is 1.90 bits per heavy atom. The smallest absolute Gasteiger partial charge is 0.244 e. The monoisotopic (exact) mass is 298 g/mol. The Labute approximate surface area is 120 Å². The second-order valence-electron chi connectivity index (χ2n) is 5.39. The molecule has 2 heterocycles. The fraction of sp³-hybridized carbons (Fsp3) is 0.643. The molecule has 1 amide bonds. The van der Waals surface area contributed by atoms with Gasteiger partial charge in [0.15, 0.2) is 9.84 Å². The summed E-state index contributed by atoms with van der Waals surface area (Å²) in [4.78, 5) is 14.0. The number of nitrogens with zero attached hydrogens (tertiary/aromatic N) is 1. The normalized spacial score (nSPS) is 30.4. The lowest BCUT2D eigenvalue weighted by molar-refractivity contribution is -0.117. The van der Waals surface area contributed by atoms with Crippen molar-refractivity contribution in [2.75, 3.05) is 24.6 Å². The van der Waals surface area contributed by atoms with E-state index in [2.05, 4.69) is 10.2 Å². The van der Waals surface area contributed by atoms with Crippen LogP contribution in [-0.4, -0.2) is 55.9 Å². The average Bonchev–Trinajstić information content (AvgIpc) is 2.97. The van der Waals surface area contributed by atoms with Gasteiger partial charge in [0, 0.05) is 12.1 Å². The van der Waals surface area contributed by atoms with Crippen LogP contribution in [0.1, 0.15) is 19.8 Å². The Morgan fingerprint density at radius 1 is 1.20 bits per heavy atom. The topological polar surface area (TPSA) is 66.5 Å². The molecule has 2 saturated heterocycles. The summed E-state index contributed by atoms with van der Waals surface area (Å²) in [5, 5.41) is 2.84. The lowest BCUT2D eigenvalue weighted by Crippen LogP contribution is -2.49. The van der Waals surface area contributed by atoms with Gasteiger partial charge in [-0.1, -0.05) is 18.2 Å². The maximum absolute atomic E-state index is 11.8. The molecule has 0 aromatic rings. The number of nitrogens with one attached hydrogen (secondary N) is 1. The Balaban J connectivity index is 2.01. The van der Waals surface area contributed by atoms with Gasteiger partial charge in [0.05, 0.1) is 17.5 Å². The number of likely N-dealkylation sites (tertiary alicyclic amines) is 1. The van der Waals surface area contributed by atoms with Crippen molar-refractivity contribution >= 4 is 15.7 Å². The van der Waals surface area contributed by atoms with Crippen LogP contribution in [0.15, 0.2) is 24.3 Å². The number of hydrogen-bond donors (Lipinski definition) is 1. The van der Waals surface area contributed by atoms with Crippen molar-refractivity contribution in [1.29, 1.82) is 0 Å². The van der Waals surface area contributed by atoms with Crippen LogP contribution in [0.4, 0.5) is 0 Å². The largest absolute Gasteiger partial charge is 0.347 e. The van der Waals surface area contributed by atoms with Gasteiger partial charge >= 0.3 is 0 Å². The summed E-state index contributed by atoms with van der Waals surface area (Å²) < 4.78 is 23.7. The summed E-state index contributed by atoms with van der Waals surface area (Å²) in [6.45, 7) is 3.73. The van der Waals surface area contributed by atoms with E-state index in [1.807, 2.05) is 13.0 Å². The molecule has 2 atom stereocenters. The molecule has 0 bridgehead atoms. The Morgan fingerprint density at radius 3 is 2.55 bits per heavy atom. The van der Waals surface area contributed by atoms with Crippen LogP contribution in [0, 0.1) is 0 Å². The molecule has 1 N–H and O–H groups in total. The first-order chi connectivity index (χ1) is 9.52. The van der Waals surface area contributed by atoms with E-state index >= 15 is 0 Å². The second kappa shape index (κ2) is 6.54. The van der Waals surface area contributed by atoms with Crippen LogP contribution < -0.4 is 5.32 Å². The molecular weight excluding hydrogens is 276 g/mol. The van der Waals surface area contributed by atoms with Crippen molar-refractivity contribution in [3.8, 4) is 0 Å². The second-order valence-corrected chi connectivity index (χ2v) is 7.54. The van der Waals surface area contributed by atoms with Gasteiger partial charge in [-0.3, -0.25) is 9.69 Å². The Hall–Kier alpha value is -1.14. The van der Waals surface area contributed by atoms with Gasteiger partial charge in [-0.25, -0.2) is 8.42 Å². The van der Waals surface area contributed by atoms with Crippen molar-refractivity contribution in [3.63, 3.8) is 0 Å². The number of carbonyl (C=O) groups excluding carboxylic acids is 1. The van der Waals surface area contributed by atoms with Crippen LogP contribution in [0.3, 0.4) is 0 Å². The van der Waals surface area contributed by atoms with Gasteiger partial charge in [-0.2, -0.15) is 0 Å². The third-order valence-electron chi connectivity index (χ3n) is 3.81. The first-order valence-corrected chi connectivity index (χ1v) is 8.88. The zero-order valence-electron chi connectivity index (χ0n) is 11.8. The van der Waals surface area contributed by atoms with E-state index in [9.17, 15) is 13.2 Å². The van der Waals surface area contributed by atoms with Crippen molar-refractivity contribution in [1.82, 2.24) is 10.2 Å². The highest BCUT2D eigenvalue weighted by Gasteiger charge is 2.42. The van der Waals surface area contributed by atoms with Crippen LogP contribution in [0.2, 0.25) is 0 Å². The Kier molecular flexibility index (Phi) is 4.99. The molecule has 0 radical (unpaired) electrons. The van der Waals surface area contributed by atoms with Crippen molar-refractivity contribution in [2.45, 2.75) is 31.8 Å². The lowest BCUT2D eigenvalue weighted by atomic mass is 10.1. The van der Waals surface area contributed by atoms with E-state index in [4.69, 9.17) is 0 Å². The minimum absolute atomic E-state index is 0.0529. The minimum atomic E-state index is -3.05. The number of allylic oxidation sites excluding steroid dienone is 3. The molecule has 112 valence electrons. The van der Waals surface area contributed by atoms with Gasteiger partial charge in [0.2, 0.25) is 5.91 Å². The summed E-state index contributed by atoms with van der Waals surface area (Å²) in [5.74, 6) is -0.0113. The first kappa shape index (κ1) is 15.3. The third-order valence-corrected chi connectivity index (χ3v) is 5.53. The summed E-state index contributed by atoms with van der Waals surface area (Å²) in [6.07, 6.45) is 8.91. The van der Waals surface area contributed by atoms with E-state index < -0.39 is 9.84 Å². The van der Waals surface area contributed by atoms with Crippen molar-refractivity contribution < 1.29 is 13.2 Å². The SMILES string of the molecule is C/C=C/C=C/C(=O)N[C@@H]1CS(=O)(=O)C[C@H]1N1CCCC1. The van der Waals surface area contributed by atoms with Crippen LogP contribution >= 0.6 is 0 Å². The predicted molar refractivity (Wildman–Crippen MR) is 79.1 cm³/mol. The molecule has 0 aliphatic carbocycles. The molecule has 2 aliphatic heterocycles. The fourth-order valence-electron chi connectivity index (χ4n) is 2.88. The van der Waals surface area contributed by atoms with Crippen LogP contribution in [0.5, 0.6) is 0 Å². The molecule has 2 aliphatic rings. The van der Waals surface area contributed by atoms with E-state index in [0.29, 0.717) is 0 Å². The highest BCUT2D eigenvalue weighted by Crippen LogP contribution is 2.22. The minimum Gasteiger partial charge on any atom is -0.347 e. The third kappa shape index (κ3) is 3.93. The standard InChI is InChI=1S/C14H22N2O3S/c1-2-3-4-7-14(17)15-12-10-20(18,19)11-13(12)16-8-5-6-9-16/h2-4,7,12-13H,5-6,8-11H2,1H3,(H,15,17)/b3-2+,7-4+/t12-,13-/m1/s1. The summed E-state index contributed by atoms with van der Waals surface area (Å²) >= 11 is 0. The highest BCUT2D eigenvalue weighted by molar-refractivity contribution is 7.91. The molecule has 0 unspecified atom stereocenters. The number of hydrogen-bond acceptors (Lipinski definition) is 4. The van der Waals surface area contributed by atoms with E-state index in [-0.39, 0.29) is 29.5 Å². The molecule has 2 fully saturated rings. The summed E-state index contributed by atoms with van der Waals surface area (Å²) in [7, 11) is -3.05. The average molecular weight is 298 g/mol.